The third-order valence-corrected chi connectivity index (χ3v) is 15.7. The first kappa shape index (κ1) is 81.9. The van der Waals surface area contributed by atoms with Crippen molar-refractivity contribution in [3.05, 3.63) is 267 Å². The first-order valence-electron chi connectivity index (χ1n) is 35.4. The van der Waals surface area contributed by atoms with Crippen molar-refractivity contribution in [1.29, 1.82) is 0 Å². The summed E-state index contributed by atoms with van der Waals surface area (Å²) in [7, 11) is 3.63. The molecule has 6 N–H and O–H groups in total. The smallest absolute Gasteiger partial charge is 0.417 e. The molecule has 10 aromatic heterocycles. The number of allylic oxidation sites excluding steroid dienone is 1. The number of benzene rings is 5. The Labute approximate surface area is 674 Å². The molecule has 5 aromatic carbocycles. The summed E-state index contributed by atoms with van der Waals surface area (Å²) >= 11 is 5.62. The normalized spacial score (nSPS) is 11.2. The third kappa shape index (κ3) is 23.3. The first-order chi connectivity index (χ1) is 56.5. The van der Waals surface area contributed by atoms with E-state index in [0.717, 1.165) is 34.8 Å². The molecule has 0 spiro atoms. The van der Waals surface area contributed by atoms with Gasteiger partial charge in [-0.3, -0.25) is 15.4 Å². The number of anilines is 5. The van der Waals surface area contributed by atoms with E-state index in [1.807, 2.05) is 50.5 Å². The van der Waals surface area contributed by atoms with Gasteiger partial charge in [-0.1, -0.05) is 35.9 Å². The highest BCUT2D eigenvalue weighted by atomic mass is 35.5. The molecule has 0 fully saturated rings. The lowest BCUT2D eigenvalue weighted by atomic mass is 10.2. The molecule has 0 radical (unpaired) electrons. The summed E-state index contributed by atoms with van der Waals surface area (Å²) in [5.41, 5.74) is 11.9. The molecule has 0 aliphatic carbocycles. The number of amides is 4. The molecule has 118 heavy (non-hydrogen) atoms. The van der Waals surface area contributed by atoms with E-state index in [2.05, 4.69) is 91.4 Å². The molecular formula is C81H71ClF3N23O10. The maximum Gasteiger partial charge on any atom is 0.417 e. The number of nitrogen functional groups attached to an aromatic ring is 1. The summed E-state index contributed by atoms with van der Waals surface area (Å²) in [5.74, 6) is 2.89. The van der Waals surface area contributed by atoms with Crippen LogP contribution in [0.5, 0.6) is 46.5 Å². The molecule has 33 nitrogen and oxygen atoms in total. The van der Waals surface area contributed by atoms with Crippen LogP contribution in [0.3, 0.4) is 0 Å². The van der Waals surface area contributed by atoms with Gasteiger partial charge >= 0.3 is 24.4 Å². The molecule has 0 saturated heterocycles. The van der Waals surface area contributed by atoms with Gasteiger partial charge in [0.1, 0.15) is 65.2 Å². The van der Waals surface area contributed by atoms with Gasteiger partial charge in [-0.2, -0.15) is 28.5 Å². The van der Waals surface area contributed by atoms with Crippen LogP contribution in [0.4, 0.5) is 56.0 Å². The summed E-state index contributed by atoms with van der Waals surface area (Å²) in [6.45, 7) is 10.8. The molecule has 4 amide bonds. The molecule has 15 rings (SSSR count). The zero-order valence-corrected chi connectivity index (χ0v) is 64.6. The molecule has 37 heteroatoms. The maximum absolute atomic E-state index is 13.1. The Balaban J connectivity index is 0.000000147. The zero-order valence-electron chi connectivity index (χ0n) is 63.9. The number of nitrogens with zero attached hydrogens (tertiary/aromatic N) is 18. The fraction of sp³-hybridized carbons (Fsp3) is 0.136. The molecule has 10 heterocycles. The van der Waals surface area contributed by atoms with Gasteiger partial charge in [-0.15, -0.1) is 0 Å². The van der Waals surface area contributed by atoms with Gasteiger partial charge < -0.3 is 49.7 Å². The van der Waals surface area contributed by atoms with Gasteiger partial charge in [0.15, 0.2) is 16.9 Å². The summed E-state index contributed by atoms with van der Waals surface area (Å²) in [6.07, 6.45) is 12.8. The quantitative estimate of drug-likeness (QED) is 0.0302. The fourth-order valence-electron chi connectivity index (χ4n) is 10.5. The number of hydrogen-bond donors (Lipinski definition) is 5. The van der Waals surface area contributed by atoms with E-state index in [4.69, 9.17) is 45.8 Å². The zero-order chi connectivity index (χ0) is 83.5. The third-order valence-electron chi connectivity index (χ3n) is 15.3. The SMILES string of the molecule is CC(C)(C)OC(=O)Nc1cccc(Oc2cc(-c3ccnc4ccnn34)ncn2)c1.CN(C)/C=C/C(=O)c1cc(Oc2cccc(NC(=O)OC(C)(C)C)c2)ncn1.Nc1cccc(Oc2cc(-c3ccnc4ccnn34)ncn2)c1.O=C(Nc1cccc(Oc2cc(-c3ccnc4ccnn34)ncn2)c1)Nc1ccc(Cl)c(C(F)(F)F)c1. The van der Waals surface area contributed by atoms with Crippen LogP contribution in [0.15, 0.2) is 251 Å². The minimum atomic E-state index is -4.65. The standard InChI is InChI=1S/C24H15ClF3N7O2.C21H20N6O3.C20H24N4O4.C16H12N6O/c25-18-5-4-15(11-17(18)24(26,27)28)34-23(36)33-14-2-1-3-16(10-14)37-22-12-19(30-13-31-22)20-6-8-29-21-7-9-32-35(20)21;1-21(2,3)30-20(28)26-14-5-4-6-15(11-14)29-19-12-16(23-13-24-19)17-7-9-22-18-8-10-25-27(17)18;1-20(2,3)28-19(26)23-14-7-6-8-15(11-14)27-18-12-16(21-13-22-18)17(25)9-10-24(4)5;17-11-2-1-3-12(8-11)23-16-9-13(19-10-20-16)14-4-6-18-15-5-7-21-22(14)15/h1-13H,(H2,33,34,36);4-13H,1-3H3,(H,26,28);6-13H,1-5H3,(H,23,26);1-10H,17H2/b;;10-9+;. The minimum absolute atomic E-state index is 0.0717. The topological polar surface area (TPSA) is 395 Å². The lowest BCUT2D eigenvalue weighted by Gasteiger charge is -2.19. The van der Waals surface area contributed by atoms with Crippen LogP contribution in [-0.2, 0) is 15.7 Å². The number of aromatic nitrogens is 17. The van der Waals surface area contributed by atoms with Crippen molar-refractivity contribution >= 4 is 81.0 Å². The molecular weight excluding hydrogens is 1550 g/mol. The van der Waals surface area contributed by atoms with Crippen molar-refractivity contribution < 1.29 is 60.8 Å². The van der Waals surface area contributed by atoms with Crippen molar-refractivity contribution in [2.45, 2.75) is 58.9 Å². The predicted octanol–water partition coefficient (Wildman–Crippen LogP) is 17.1. The number of carbonyl (C=O) groups is 4. The van der Waals surface area contributed by atoms with Crippen LogP contribution in [-0.4, -0.2) is 138 Å². The molecule has 0 saturated carbocycles. The molecule has 0 aliphatic rings. The Morgan fingerprint density at radius 1 is 0.424 bits per heavy atom. The van der Waals surface area contributed by atoms with Crippen LogP contribution in [0.1, 0.15) is 57.6 Å². The first-order valence-corrected chi connectivity index (χ1v) is 35.8. The average molecular weight is 1620 g/mol. The Hall–Kier alpha value is -15.6. The van der Waals surface area contributed by atoms with E-state index in [-0.39, 0.29) is 28.9 Å². The minimum Gasteiger partial charge on any atom is -0.444 e. The monoisotopic (exact) mass is 1620 g/mol. The molecule has 0 unspecified atom stereocenters. The van der Waals surface area contributed by atoms with E-state index in [0.29, 0.717) is 85.9 Å². The number of carbonyl (C=O) groups excluding carboxylic acids is 4. The van der Waals surface area contributed by atoms with Crippen molar-refractivity contribution in [1.82, 2.24) is 88.6 Å². The largest absolute Gasteiger partial charge is 0.444 e. The number of alkyl halides is 3. The number of nitrogens with one attached hydrogen (secondary N) is 4. The number of nitrogens with two attached hydrogens (primary N) is 1. The Kier molecular flexibility index (Phi) is 25.6. The van der Waals surface area contributed by atoms with Gasteiger partial charge in [0.2, 0.25) is 29.3 Å². The predicted molar refractivity (Wildman–Crippen MR) is 431 cm³/mol. The average Bonchev–Trinajstić information content (AvgIpc) is 1.59. The molecule has 598 valence electrons. The fourth-order valence-corrected chi connectivity index (χ4v) is 10.7. The van der Waals surface area contributed by atoms with Gasteiger partial charge in [0, 0.05) is 140 Å². The Morgan fingerprint density at radius 3 is 1.19 bits per heavy atom. The lowest BCUT2D eigenvalue weighted by Crippen LogP contribution is -2.27. The number of fused-ring (bicyclic) bond motifs is 3. The maximum atomic E-state index is 13.1. The number of rotatable bonds is 18. The lowest BCUT2D eigenvalue weighted by molar-refractivity contribution is -0.137. The summed E-state index contributed by atoms with van der Waals surface area (Å²) in [6, 6.07) is 47.0. The van der Waals surface area contributed by atoms with Gasteiger partial charge in [-0.05, 0) is 126 Å². The Morgan fingerprint density at radius 2 is 0.797 bits per heavy atom. The number of ketones is 1. The Bertz CT molecular complexity index is 6120. The second-order valence-electron chi connectivity index (χ2n) is 27.0. The van der Waals surface area contributed by atoms with E-state index in [9.17, 15) is 32.3 Å². The summed E-state index contributed by atoms with van der Waals surface area (Å²) in [5, 5.41) is 22.5. The summed E-state index contributed by atoms with van der Waals surface area (Å²) < 4.78 is 77.9. The van der Waals surface area contributed by atoms with Crippen molar-refractivity contribution in [3.8, 4) is 80.7 Å². The van der Waals surface area contributed by atoms with E-state index < -0.39 is 46.2 Å². The number of ether oxygens (including phenoxy) is 6. The van der Waals surface area contributed by atoms with E-state index in [1.54, 1.807) is 213 Å². The van der Waals surface area contributed by atoms with Crippen molar-refractivity contribution in [2.75, 3.05) is 41.1 Å². The van der Waals surface area contributed by atoms with Crippen molar-refractivity contribution in [3.63, 3.8) is 0 Å². The molecule has 0 aliphatic heterocycles. The molecule has 15 aromatic rings. The van der Waals surface area contributed by atoms with Gasteiger partial charge in [-0.25, -0.2) is 82.8 Å². The second-order valence-corrected chi connectivity index (χ2v) is 27.4. The second kappa shape index (κ2) is 36.9. The van der Waals surface area contributed by atoms with Gasteiger partial charge in [0.25, 0.3) is 0 Å². The van der Waals surface area contributed by atoms with E-state index >= 15 is 0 Å². The van der Waals surface area contributed by atoms with Crippen LogP contribution in [0.2, 0.25) is 5.02 Å². The summed E-state index contributed by atoms with van der Waals surface area (Å²) in [4.78, 5) is 96.1. The molecule has 0 atom stereocenters. The number of urea groups is 1. The van der Waals surface area contributed by atoms with Crippen LogP contribution in [0, 0.1) is 0 Å². The molecule has 0 bridgehead atoms. The number of halogens is 4. The highest BCUT2D eigenvalue weighted by molar-refractivity contribution is 6.31. The van der Waals surface area contributed by atoms with Crippen LogP contribution < -0.4 is 45.9 Å². The van der Waals surface area contributed by atoms with Crippen molar-refractivity contribution in [2.24, 2.45) is 0 Å². The van der Waals surface area contributed by atoms with Gasteiger partial charge in [0.05, 0.1) is 63.3 Å². The highest BCUT2D eigenvalue weighted by Gasteiger charge is 2.34. The highest BCUT2D eigenvalue weighted by Crippen LogP contribution is 2.37. The number of hydrogen-bond acceptors (Lipinski definition) is 26. The van der Waals surface area contributed by atoms with E-state index in [1.165, 1.54) is 49.6 Å². The van der Waals surface area contributed by atoms with Crippen LogP contribution in [0.25, 0.3) is 51.1 Å². The van der Waals surface area contributed by atoms with Crippen LogP contribution >= 0.6 is 11.6 Å².